The maximum atomic E-state index is 12.0. The lowest BCUT2D eigenvalue weighted by Crippen LogP contribution is -2.32. The second kappa shape index (κ2) is 6.63. The Hall–Kier alpha value is -1.24. The molecule has 0 saturated carbocycles. The van der Waals surface area contributed by atoms with Crippen molar-refractivity contribution in [2.45, 2.75) is 30.9 Å². The number of nitrogens with zero attached hydrogens (tertiary/aromatic N) is 1. The maximum Gasteiger partial charge on any atom is 0.258 e. The molecule has 18 heavy (non-hydrogen) atoms. The van der Waals surface area contributed by atoms with Crippen LogP contribution in [0.1, 0.15) is 18.9 Å². The van der Waals surface area contributed by atoms with E-state index in [1.807, 2.05) is 0 Å². The number of rotatable bonds is 7. The van der Waals surface area contributed by atoms with E-state index in [1.54, 1.807) is 25.1 Å². The van der Waals surface area contributed by atoms with Crippen molar-refractivity contribution in [3.8, 4) is 0 Å². The molecule has 0 aliphatic heterocycles. The van der Waals surface area contributed by atoms with Crippen LogP contribution in [-0.2, 0) is 16.4 Å². The van der Waals surface area contributed by atoms with Gasteiger partial charge in [0.25, 0.3) is 10.0 Å². The molecule has 6 heteroatoms. The molecule has 1 heterocycles. The largest absolute Gasteiger partial charge is 0.392 e. The quantitative estimate of drug-likeness (QED) is 0.720. The highest BCUT2D eigenvalue weighted by molar-refractivity contribution is 7.89. The van der Waals surface area contributed by atoms with Crippen molar-refractivity contribution in [2.75, 3.05) is 6.54 Å². The summed E-state index contributed by atoms with van der Waals surface area (Å²) in [6.07, 6.45) is 3.28. The monoisotopic (exact) mass is 270 g/mol. The summed E-state index contributed by atoms with van der Waals surface area (Å²) in [5.41, 5.74) is 0.589. The van der Waals surface area contributed by atoms with Crippen LogP contribution in [0.4, 0.5) is 0 Å². The average Bonchev–Trinajstić information content (AvgIpc) is 2.37. The van der Waals surface area contributed by atoms with E-state index in [1.165, 1.54) is 6.20 Å². The lowest BCUT2D eigenvalue weighted by molar-refractivity contribution is 0.174. The first-order chi connectivity index (χ1) is 8.51. The summed E-state index contributed by atoms with van der Waals surface area (Å²) >= 11 is 0. The van der Waals surface area contributed by atoms with Gasteiger partial charge >= 0.3 is 0 Å². The minimum Gasteiger partial charge on any atom is -0.392 e. The van der Waals surface area contributed by atoms with Crippen LogP contribution in [0.5, 0.6) is 0 Å². The van der Waals surface area contributed by atoms with E-state index < -0.39 is 16.1 Å². The Morgan fingerprint density at radius 3 is 2.94 bits per heavy atom. The normalized spacial score (nSPS) is 13.2. The molecular formula is C12H18N2O3S. The zero-order chi connectivity index (χ0) is 13.6. The SMILES string of the molecule is C=CCc1cccnc1S(=O)(=O)NC[C@H](O)CC. The van der Waals surface area contributed by atoms with E-state index in [0.717, 1.165) is 0 Å². The van der Waals surface area contributed by atoms with E-state index >= 15 is 0 Å². The summed E-state index contributed by atoms with van der Waals surface area (Å²) in [4.78, 5) is 3.89. The number of pyridine rings is 1. The summed E-state index contributed by atoms with van der Waals surface area (Å²) in [5.74, 6) is 0. The van der Waals surface area contributed by atoms with Crippen LogP contribution in [0.15, 0.2) is 36.0 Å². The van der Waals surface area contributed by atoms with Crippen molar-refractivity contribution < 1.29 is 13.5 Å². The van der Waals surface area contributed by atoms with Crippen LogP contribution in [-0.4, -0.2) is 31.2 Å². The molecule has 0 saturated heterocycles. The number of aliphatic hydroxyl groups is 1. The van der Waals surface area contributed by atoms with Gasteiger partial charge in [-0.05, 0) is 24.5 Å². The first-order valence-electron chi connectivity index (χ1n) is 5.73. The highest BCUT2D eigenvalue weighted by Gasteiger charge is 2.19. The van der Waals surface area contributed by atoms with E-state index in [4.69, 9.17) is 0 Å². The molecule has 2 N–H and O–H groups in total. The van der Waals surface area contributed by atoms with Crippen LogP contribution in [0, 0.1) is 0 Å². The van der Waals surface area contributed by atoms with Gasteiger partial charge in [0, 0.05) is 12.7 Å². The molecule has 0 radical (unpaired) electrons. The highest BCUT2D eigenvalue weighted by atomic mass is 32.2. The molecule has 0 aliphatic rings. The number of nitrogens with one attached hydrogen (secondary N) is 1. The van der Waals surface area contributed by atoms with Crippen molar-refractivity contribution in [3.63, 3.8) is 0 Å². The zero-order valence-corrected chi connectivity index (χ0v) is 11.2. The number of allylic oxidation sites excluding steroid dienone is 1. The van der Waals surface area contributed by atoms with E-state index in [0.29, 0.717) is 18.4 Å². The Bertz CT molecular complexity index is 500. The number of aliphatic hydroxyl groups excluding tert-OH is 1. The Morgan fingerprint density at radius 2 is 2.33 bits per heavy atom. The summed E-state index contributed by atoms with van der Waals surface area (Å²) < 4.78 is 26.4. The summed E-state index contributed by atoms with van der Waals surface area (Å²) in [7, 11) is -3.69. The molecule has 0 aromatic carbocycles. The van der Waals surface area contributed by atoms with Gasteiger partial charge in [-0.3, -0.25) is 0 Å². The molecule has 1 rings (SSSR count). The molecule has 1 aromatic heterocycles. The first kappa shape index (κ1) is 14.8. The number of hydrogen-bond acceptors (Lipinski definition) is 4. The van der Waals surface area contributed by atoms with Crippen molar-refractivity contribution in [1.82, 2.24) is 9.71 Å². The minimum atomic E-state index is -3.69. The van der Waals surface area contributed by atoms with Gasteiger partial charge in [-0.15, -0.1) is 6.58 Å². The molecule has 5 nitrogen and oxygen atoms in total. The smallest absolute Gasteiger partial charge is 0.258 e. The third-order valence-corrected chi connectivity index (χ3v) is 3.87. The molecule has 0 unspecified atom stereocenters. The van der Waals surface area contributed by atoms with Gasteiger partial charge in [0.05, 0.1) is 6.10 Å². The number of sulfonamides is 1. The molecule has 100 valence electrons. The lowest BCUT2D eigenvalue weighted by atomic mass is 10.2. The van der Waals surface area contributed by atoms with Crippen LogP contribution in [0.25, 0.3) is 0 Å². The summed E-state index contributed by atoms with van der Waals surface area (Å²) in [6, 6.07) is 3.37. The summed E-state index contributed by atoms with van der Waals surface area (Å²) in [5, 5.41) is 9.37. The average molecular weight is 270 g/mol. The third-order valence-electron chi connectivity index (χ3n) is 2.45. The molecule has 1 aromatic rings. The van der Waals surface area contributed by atoms with Crippen molar-refractivity contribution >= 4 is 10.0 Å². The molecular weight excluding hydrogens is 252 g/mol. The first-order valence-corrected chi connectivity index (χ1v) is 7.22. The number of hydrogen-bond donors (Lipinski definition) is 2. The Labute approximate surface area is 108 Å². The van der Waals surface area contributed by atoms with Gasteiger partial charge in [-0.2, -0.15) is 0 Å². The Morgan fingerprint density at radius 1 is 1.61 bits per heavy atom. The van der Waals surface area contributed by atoms with Crippen LogP contribution in [0.2, 0.25) is 0 Å². The maximum absolute atomic E-state index is 12.0. The van der Waals surface area contributed by atoms with E-state index in [-0.39, 0.29) is 11.6 Å². The van der Waals surface area contributed by atoms with Gasteiger partial charge in [-0.25, -0.2) is 18.1 Å². The summed E-state index contributed by atoms with van der Waals surface area (Å²) in [6.45, 7) is 5.35. The van der Waals surface area contributed by atoms with Crippen molar-refractivity contribution in [3.05, 3.63) is 36.5 Å². The standard InChI is InChI=1S/C12H18N2O3S/c1-3-6-10-7-5-8-13-12(10)18(16,17)14-9-11(15)4-2/h3,5,7-8,11,14-15H,1,4,6,9H2,2H3/t11-/m1/s1. The van der Waals surface area contributed by atoms with E-state index in [9.17, 15) is 13.5 Å². The number of aromatic nitrogens is 1. The van der Waals surface area contributed by atoms with Crippen molar-refractivity contribution in [2.24, 2.45) is 0 Å². The second-order valence-electron chi connectivity index (χ2n) is 3.87. The molecule has 0 fully saturated rings. The zero-order valence-electron chi connectivity index (χ0n) is 10.3. The molecule has 0 amide bonds. The van der Waals surface area contributed by atoms with Gasteiger partial charge < -0.3 is 5.11 Å². The van der Waals surface area contributed by atoms with Crippen LogP contribution >= 0.6 is 0 Å². The van der Waals surface area contributed by atoms with Crippen LogP contribution < -0.4 is 4.72 Å². The Kier molecular flexibility index (Phi) is 5.46. The Balaban J connectivity index is 2.94. The predicted octanol–water partition coefficient (Wildman–Crippen LogP) is 0.859. The van der Waals surface area contributed by atoms with Gasteiger partial charge in [0.2, 0.25) is 0 Å². The van der Waals surface area contributed by atoms with Gasteiger partial charge in [0.15, 0.2) is 5.03 Å². The molecule has 0 bridgehead atoms. The fourth-order valence-corrected chi connectivity index (χ4v) is 2.64. The van der Waals surface area contributed by atoms with Crippen molar-refractivity contribution in [1.29, 1.82) is 0 Å². The highest BCUT2D eigenvalue weighted by Crippen LogP contribution is 2.13. The molecule has 1 atom stereocenters. The van der Waals surface area contributed by atoms with Crippen LogP contribution in [0.3, 0.4) is 0 Å². The third kappa shape index (κ3) is 3.90. The predicted molar refractivity (Wildman–Crippen MR) is 69.6 cm³/mol. The minimum absolute atomic E-state index is 0.00629. The second-order valence-corrected chi connectivity index (χ2v) is 5.56. The molecule has 0 aliphatic carbocycles. The topological polar surface area (TPSA) is 79.3 Å². The van der Waals surface area contributed by atoms with Gasteiger partial charge in [-0.1, -0.05) is 19.1 Å². The lowest BCUT2D eigenvalue weighted by Gasteiger charge is -2.11. The molecule has 0 spiro atoms. The fourth-order valence-electron chi connectivity index (χ4n) is 1.40. The fraction of sp³-hybridized carbons (Fsp3) is 0.417. The van der Waals surface area contributed by atoms with Gasteiger partial charge in [0.1, 0.15) is 0 Å². The van der Waals surface area contributed by atoms with E-state index in [2.05, 4.69) is 16.3 Å².